The summed E-state index contributed by atoms with van der Waals surface area (Å²) < 4.78 is 11.3. The van der Waals surface area contributed by atoms with E-state index >= 15 is 0 Å². The summed E-state index contributed by atoms with van der Waals surface area (Å²) >= 11 is 0. The first-order chi connectivity index (χ1) is 14.9. The average Bonchev–Trinajstić information content (AvgIpc) is 3.15. The van der Waals surface area contributed by atoms with Gasteiger partial charge < -0.3 is 25.7 Å². The summed E-state index contributed by atoms with van der Waals surface area (Å²) in [5.74, 6) is -0.294. The molecule has 1 aromatic heterocycles. The molecule has 0 aliphatic rings. The Morgan fingerprint density at radius 2 is 1.65 bits per heavy atom. The van der Waals surface area contributed by atoms with E-state index in [2.05, 4.69) is 0 Å². The van der Waals surface area contributed by atoms with Crippen molar-refractivity contribution in [3.63, 3.8) is 0 Å². The van der Waals surface area contributed by atoms with Crippen molar-refractivity contribution in [2.75, 3.05) is 11.5 Å². The first-order valence-electron chi connectivity index (χ1n) is 9.64. The van der Waals surface area contributed by atoms with Crippen LogP contribution in [0.15, 0.2) is 65.1 Å². The number of aryl methyl sites for hydroxylation is 1. The Balaban J connectivity index is 1.72. The third kappa shape index (κ3) is 3.69. The van der Waals surface area contributed by atoms with Crippen LogP contribution in [0.2, 0.25) is 0 Å². The van der Waals surface area contributed by atoms with Crippen LogP contribution in [-0.4, -0.2) is 16.9 Å². The molecule has 0 unspecified atom stereocenters. The molecular formula is C24H20N2O5. The first kappa shape index (κ1) is 20.0. The summed E-state index contributed by atoms with van der Waals surface area (Å²) in [7, 11) is 0. The maximum Gasteiger partial charge on any atom is 0.343 e. The van der Waals surface area contributed by atoms with E-state index in [1.54, 1.807) is 42.5 Å². The molecule has 0 saturated carbocycles. The lowest BCUT2D eigenvalue weighted by Crippen LogP contribution is -2.08. The number of furan rings is 1. The number of carbonyl (C=O) groups excluding carboxylic acids is 2. The molecule has 1 heterocycles. The van der Waals surface area contributed by atoms with Gasteiger partial charge >= 0.3 is 5.97 Å². The second-order valence-corrected chi connectivity index (χ2v) is 7.00. The molecule has 3 aromatic carbocycles. The van der Waals surface area contributed by atoms with Crippen molar-refractivity contribution in [2.24, 2.45) is 0 Å². The fourth-order valence-electron chi connectivity index (χ4n) is 3.38. The maximum absolute atomic E-state index is 13.2. The Morgan fingerprint density at radius 3 is 2.29 bits per heavy atom. The van der Waals surface area contributed by atoms with Gasteiger partial charge in [0.2, 0.25) is 0 Å². The van der Waals surface area contributed by atoms with Gasteiger partial charge in [-0.25, -0.2) is 4.79 Å². The van der Waals surface area contributed by atoms with Crippen LogP contribution in [0.25, 0.3) is 11.0 Å². The van der Waals surface area contributed by atoms with Crippen LogP contribution in [0.3, 0.4) is 0 Å². The van der Waals surface area contributed by atoms with Gasteiger partial charge in [-0.3, -0.25) is 4.79 Å². The fourth-order valence-corrected chi connectivity index (χ4v) is 3.38. The van der Waals surface area contributed by atoms with Crippen LogP contribution in [0.4, 0.5) is 11.4 Å². The molecule has 156 valence electrons. The van der Waals surface area contributed by atoms with E-state index in [1.165, 1.54) is 12.1 Å². The number of ether oxygens (including phenoxy) is 1. The zero-order chi connectivity index (χ0) is 22.1. The molecule has 31 heavy (non-hydrogen) atoms. The van der Waals surface area contributed by atoms with E-state index in [9.17, 15) is 14.7 Å². The number of anilines is 2. The summed E-state index contributed by atoms with van der Waals surface area (Å²) in [4.78, 5) is 25.5. The second-order valence-electron chi connectivity index (χ2n) is 7.00. The quantitative estimate of drug-likeness (QED) is 0.145. The van der Waals surface area contributed by atoms with E-state index in [1.807, 2.05) is 13.0 Å². The third-order valence-corrected chi connectivity index (χ3v) is 4.93. The molecule has 7 heteroatoms. The van der Waals surface area contributed by atoms with Gasteiger partial charge in [-0.2, -0.15) is 0 Å². The van der Waals surface area contributed by atoms with Gasteiger partial charge in [0.05, 0.1) is 22.5 Å². The highest BCUT2D eigenvalue weighted by Gasteiger charge is 2.23. The molecule has 0 atom stereocenters. The molecule has 7 nitrogen and oxygen atoms in total. The normalized spacial score (nSPS) is 10.9. The molecular weight excluding hydrogens is 396 g/mol. The zero-order valence-electron chi connectivity index (χ0n) is 16.7. The number of rotatable bonds is 5. The van der Waals surface area contributed by atoms with E-state index in [0.717, 1.165) is 0 Å². The van der Waals surface area contributed by atoms with Gasteiger partial charge in [0.25, 0.3) is 0 Å². The minimum Gasteiger partial charge on any atom is -0.504 e. The number of phenols is 1. The largest absolute Gasteiger partial charge is 0.504 e. The molecule has 0 radical (unpaired) electrons. The maximum atomic E-state index is 13.2. The SMILES string of the molecule is CCc1oc2cc(OC(=O)c3ccccc3)ccc2c1C(=O)c1cc(N)c(O)c(N)c1. The Morgan fingerprint density at radius 1 is 0.968 bits per heavy atom. The monoisotopic (exact) mass is 416 g/mol. The Bertz CT molecular complexity index is 1290. The molecule has 4 rings (SSSR count). The summed E-state index contributed by atoms with van der Waals surface area (Å²) in [6, 6.07) is 16.2. The lowest BCUT2D eigenvalue weighted by atomic mass is 9.98. The molecule has 0 fully saturated rings. The summed E-state index contributed by atoms with van der Waals surface area (Å²) in [6.45, 7) is 1.87. The molecule has 0 aliphatic heterocycles. The summed E-state index contributed by atoms with van der Waals surface area (Å²) in [5, 5.41) is 10.4. The van der Waals surface area contributed by atoms with Gasteiger partial charge in [0.1, 0.15) is 17.1 Å². The number of benzene rings is 3. The highest BCUT2D eigenvalue weighted by Crippen LogP contribution is 2.34. The number of hydrogen-bond donors (Lipinski definition) is 3. The minimum absolute atomic E-state index is 0.0179. The predicted octanol–water partition coefficient (Wildman–Crippen LogP) is 4.32. The van der Waals surface area contributed by atoms with Gasteiger partial charge in [-0.1, -0.05) is 25.1 Å². The number of ketones is 1. The molecule has 0 amide bonds. The molecule has 0 saturated heterocycles. The summed E-state index contributed by atoms with van der Waals surface area (Å²) in [6.07, 6.45) is 0.470. The van der Waals surface area contributed by atoms with Crippen LogP contribution < -0.4 is 16.2 Å². The van der Waals surface area contributed by atoms with Crippen LogP contribution in [0.1, 0.15) is 39.0 Å². The lowest BCUT2D eigenvalue weighted by Gasteiger charge is -2.07. The number of esters is 1. The van der Waals surface area contributed by atoms with Gasteiger partial charge in [0, 0.05) is 23.4 Å². The zero-order valence-corrected chi connectivity index (χ0v) is 16.7. The summed E-state index contributed by atoms with van der Waals surface area (Å²) in [5.41, 5.74) is 13.0. The van der Waals surface area contributed by atoms with E-state index in [4.69, 9.17) is 20.6 Å². The van der Waals surface area contributed by atoms with Crippen molar-refractivity contribution >= 4 is 34.1 Å². The average molecular weight is 416 g/mol. The van der Waals surface area contributed by atoms with Crippen LogP contribution in [0, 0.1) is 0 Å². The number of nitrogens with two attached hydrogens (primary N) is 2. The molecule has 0 bridgehead atoms. The topological polar surface area (TPSA) is 129 Å². The number of nitrogen functional groups attached to an aromatic ring is 2. The predicted molar refractivity (Wildman–Crippen MR) is 117 cm³/mol. The van der Waals surface area contributed by atoms with Crippen molar-refractivity contribution in [1.82, 2.24) is 0 Å². The molecule has 5 N–H and O–H groups in total. The van der Waals surface area contributed by atoms with Gasteiger partial charge in [0.15, 0.2) is 11.5 Å². The highest BCUT2D eigenvalue weighted by atomic mass is 16.5. The number of phenolic OH excluding ortho intramolecular Hbond substituents is 1. The minimum atomic E-state index is -0.492. The smallest absolute Gasteiger partial charge is 0.343 e. The Labute approximate surface area is 177 Å². The number of hydrogen-bond acceptors (Lipinski definition) is 7. The van der Waals surface area contributed by atoms with Crippen molar-refractivity contribution in [3.05, 3.63) is 83.1 Å². The second kappa shape index (κ2) is 7.87. The Kier molecular flexibility index (Phi) is 5.09. The third-order valence-electron chi connectivity index (χ3n) is 4.93. The van der Waals surface area contributed by atoms with Crippen LogP contribution in [-0.2, 0) is 6.42 Å². The molecule has 0 aliphatic carbocycles. The molecule has 0 spiro atoms. The first-order valence-corrected chi connectivity index (χ1v) is 9.64. The van der Waals surface area contributed by atoms with E-state index < -0.39 is 5.97 Å². The van der Waals surface area contributed by atoms with Gasteiger partial charge in [-0.05, 0) is 36.4 Å². The number of aromatic hydroxyl groups is 1. The fraction of sp³-hybridized carbons (Fsp3) is 0.0833. The van der Waals surface area contributed by atoms with Gasteiger partial charge in [-0.15, -0.1) is 0 Å². The Hall–Kier alpha value is -4.26. The molecule has 4 aromatic rings. The van der Waals surface area contributed by atoms with Crippen molar-refractivity contribution in [2.45, 2.75) is 13.3 Å². The van der Waals surface area contributed by atoms with Crippen molar-refractivity contribution in [1.29, 1.82) is 0 Å². The highest BCUT2D eigenvalue weighted by molar-refractivity contribution is 6.17. The number of fused-ring (bicyclic) bond motifs is 1. The van der Waals surface area contributed by atoms with Crippen LogP contribution in [0.5, 0.6) is 11.5 Å². The van der Waals surface area contributed by atoms with Crippen molar-refractivity contribution in [3.8, 4) is 11.5 Å². The van der Waals surface area contributed by atoms with E-state index in [-0.39, 0.29) is 28.5 Å². The number of carbonyl (C=O) groups is 2. The van der Waals surface area contributed by atoms with Crippen molar-refractivity contribution < 1.29 is 23.8 Å². The van der Waals surface area contributed by atoms with Crippen LogP contribution >= 0.6 is 0 Å². The van der Waals surface area contributed by atoms with E-state index in [0.29, 0.717) is 40.0 Å². The standard InChI is InChI=1S/C24H20N2O5/c1-2-19-21(22(27)14-10-17(25)23(28)18(26)11-14)16-9-8-15(12-20(16)31-19)30-24(29)13-6-4-3-5-7-13/h3-12,28H,2,25-26H2,1H3. The lowest BCUT2D eigenvalue weighted by molar-refractivity contribution is 0.0734.